The van der Waals surface area contributed by atoms with Gasteiger partial charge in [-0.1, -0.05) is 15.9 Å². The van der Waals surface area contributed by atoms with E-state index in [-0.39, 0.29) is 5.22 Å². The summed E-state index contributed by atoms with van der Waals surface area (Å²) in [4.78, 5) is 3.91. The molecule has 0 amide bonds. The van der Waals surface area contributed by atoms with Gasteiger partial charge in [0.1, 0.15) is 15.2 Å². The molecule has 1 atom stereocenters. The lowest BCUT2D eigenvalue weighted by Crippen LogP contribution is -2.00. The number of hydrogen-bond acceptors (Lipinski definition) is 5. The highest BCUT2D eigenvalue weighted by atomic mass is 35.7. The Morgan fingerprint density at radius 3 is 2.53 bits per heavy atom. The topological polar surface area (TPSA) is 89.6 Å². The van der Waals surface area contributed by atoms with E-state index < -0.39 is 19.0 Å². The first-order valence-electron chi connectivity index (χ1n) is 4.31. The number of halogens is 1. The standard InChI is InChI=1S/C8H7ClN2O4S2/c1-16(12,11-17(9,13)14)8-10-6-4-2-3-5-7(6)15-8/h2-5H,1H3/t16-/m0/s1. The predicted molar refractivity (Wildman–Crippen MR) is 63.5 cm³/mol. The molecule has 1 aromatic heterocycles. The summed E-state index contributed by atoms with van der Waals surface area (Å²) in [6.45, 7) is 0. The number of hydrogen-bond donors (Lipinski definition) is 0. The summed E-state index contributed by atoms with van der Waals surface area (Å²) in [5.74, 6) is 0. The third kappa shape index (κ3) is 2.76. The molecule has 0 spiro atoms. The largest absolute Gasteiger partial charge is 0.429 e. The van der Waals surface area contributed by atoms with Gasteiger partial charge in [0.15, 0.2) is 5.58 Å². The molecule has 0 radical (unpaired) electrons. The van der Waals surface area contributed by atoms with Crippen molar-refractivity contribution in [1.29, 1.82) is 0 Å². The van der Waals surface area contributed by atoms with Crippen LogP contribution in [0.1, 0.15) is 0 Å². The lowest BCUT2D eigenvalue weighted by Gasteiger charge is -1.94. The Bertz CT molecular complexity index is 754. The fourth-order valence-corrected chi connectivity index (χ4v) is 4.31. The van der Waals surface area contributed by atoms with Gasteiger partial charge in [0.2, 0.25) is 0 Å². The first-order chi connectivity index (χ1) is 7.78. The maximum Gasteiger partial charge on any atom is 0.347 e. The van der Waals surface area contributed by atoms with Gasteiger partial charge in [-0.2, -0.15) is 8.42 Å². The minimum Gasteiger partial charge on any atom is -0.429 e. The number of rotatable bonds is 2. The molecule has 2 rings (SSSR count). The maximum atomic E-state index is 12.0. The van der Waals surface area contributed by atoms with Gasteiger partial charge in [0.05, 0.1) is 0 Å². The zero-order valence-electron chi connectivity index (χ0n) is 8.53. The second-order valence-corrected chi connectivity index (χ2v) is 7.78. The Morgan fingerprint density at radius 2 is 1.94 bits per heavy atom. The summed E-state index contributed by atoms with van der Waals surface area (Å²) in [5.41, 5.74) is 0.874. The molecule has 0 unspecified atom stereocenters. The molecule has 0 N–H and O–H groups in total. The predicted octanol–water partition coefficient (Wildman–Crippen LogP) is 1.77. The third-order valence-electron chi connectivity index (χ3n) is 1.83. The fourth-order valence-electron chi connectivity index (χ4n) is 1.21. The van der Waals surface area contributed by atoms with Crippen LogP contribution in [0.4, 0.5) is 0 Å². The lowest BCUT2D eigenvalue weighted by atomic mass is 10.3. The van der Waals surface area contributed by atoms with Gasteiger partial charge in [0.25, 0.3) is 5.22 Å². The molecule has 0 aliphatic heterocycles. The summed E-state index contributed by atoms with van der Waals surface area (Å²) >= 11 is 0. The van der Waals surface area contributed by atoms with E-state index in [4.69, 9.17) is 15.1 Å². The van der Waals surface area contributed by atoms with Gasteiger partial charge < -0.3 is 4.42 Å². The van der Waals surface area contributed by atoms with Crippen LogP contribution < -0.4 is 0 Å². The van der Waals surface area contributed by atoms with Crippen molar-refractivity contribution in [3.05, 3.63) is 24.3 Å². The molecule has 9 heteroatoms. The van der Waals surface area contributed by atoms with Crippen molar-refractivity contribution in [2.45, 2.75) is 5.22 Å². The zero-order chi connectivity index (χ0) is 12.7. The number of benzene rings is 1. The number of aromatic nitrogens is 1. The van der Waals surface area contributed by atoms with Crippen LogP contribution >= 0.6 is 10.7 Å². The van der Waals surface area contributed by atoms with Gasteiger partial charge in [0, 0.05) is 16.9 Å². The molecule has 0 aliphatic carbocycles. The summed E-state index contributed by atoms with van der Waals surface area (Å²) in [6, 6.07) is 6.70. The smallest absolute Gasteiger partial charge is 0.347 e. The molecule has 0 saturated heterocycles. The molecule has 2 aromatic rings. The van der Waals surface area contributed by atoms with E-state index in [0.29, 0.717) is 11.1 Å². The quantitative estimate of drug-likeness (QED) is 0.787. The van der Waals surface area contributed by atoms with Gasteiger partial charge in [-0.05, 0) is 12.1 Å². The van der Waals surface area contributed by atoms with Crippen LogP contribution in [0.2, 0.25) is 0 Å². The van der Waals surface area contributed by atoms with Crippen molar-refractivity contribution in [3.63, 3.8) is 0 Å². The average Bonchev–Trinajstić information content (AvgIpc) is 2.57. The van der Waals surface area contributed by atoms with E-state index in [9.17, 15) is 12.6 Å². The van der Waals surface area contributed by atoms with Gasteiger partial charge in [-0.15, -0.1) is 0 Å². The van der Waals surface area contributed by atoms with E-state index in [1.54, 1.807) is 24.3 Å². The minimum atomic E-state index is -4.25. The Hall–Kier alpha value is -1.12. The number of para-hydroxylation sites is 2. The van der Waals surface area contributed by atoms with Crippen molar-refractivity contribution in [1.82, 2.24) is 4.98 Å². The molecular formula is C8H7ClN2O4S2. The number of nitrogens with zero attached hydrogens (tertiary/aromatic N) is 2. The number of fused-ring (bicyclic) bond motifs is 1. The van der Waals surface area contributed by atoms with Crippen molar-refractivity contribution < 1.29 is 17.0 Å². The molecule has 0 aliphatic rings. The third-order valence-corrected chi connectivity index (χ3v) is 5.01. The highest BCUT2D eigenvalue weighted by Gasteiger charge is 2.18. The van der Waals surface area contributed by atoms with Crippen LogP contribution in [0, 0.1) is 0 Å². The first-order valence-corrected chi connectivity index (χ1v) is 8.50. The molecule has 0 fully saturated rings. The van der Waals surface area contributed by atoms with Crippen LogP contribution in [0.25, 0.3) is 11.1 Å². The Morgan fingerprint density at radius 1 is 1.29 bits per heavy atom. The van der Waals surface area contributed by atoms with Crippen molar-refractivity contribution >= 4 is 40.7 Å². The zero-order valence-corrected chi connectivity index (χ0v) is 10.9. The second kappa shape index (κ2) is 3.97. The summed E-state index contributed by atoms with van der Waals surface area (Å²) in [5, 5.41) is -0.261. The highest BCUT2D eigenvalue weighted by Crippen LogP contribution is 2.20. The van der Waals surface area contributed by atoms with E-state index in [2.05, 4.69) is 8.75 Å². The normalized spacial score (nSPS) is 15.6. The van der Waals surface area contributed by atoms with Gasteiger partial charge in [-0.25, -0.2) is 9.19 Å². The van der Waals surface area contributed by atoms with Crippen molar-refractivity contribution in [3.8, 4) is 0 Å². The summed E-state index contributed by atoms with van der Waals surface area (Å²) < 4.78 is 41.7. The molecule has 0 bridgehead atoms. The molecule has 17 heavy (non-hydrogen) atoms. The Balaban J connectivity index is 2.69. The lowest BCUT2D eigenvalue weighted by molar-refractivity contribution is 0.476. The molecular weight excluding hydrogens is 288 g/mol. The summed E-state index contributed by atoms with van der Waals surface area (Å²) in [7, 11) is -2.62. The summed E-state index contributed by atoms with van der Waals surface area (Å²) in [6.07, 6.45) is 1.09. The van der Waals surface area contributed by atoms with E-state index in [1.807, 2.05) is 0 Å². The molecule has 6 nitrogen and oxygen atoms in total. The van der Waals surface area contributed by atoms with Crippen molar-refractivity contribution in [2.24, 2.45) is 3.77 Å². The Labute approximate surface area is 102 Å². The van der Waals surface area contributed by atoms with Crippen LogP contribution in [0.15, 0.2) is 37.7 Å². The molecule has 1 heterocycles. The Kier molecular flexibility index (Phi) is 2.88. The van der Waals surface area contributed by atoms with Gasteiger partial charge in [-0.3, -0.25) is 0 Å². The average molecular weight is 295 g/mol. The first kappa shape index (κ1) is 12.3. The van der Waals surface area contributed by atoms with Crippen LogP contribution in [-0.2, 0) is 19.0 Å². The highest BCUT2D eigenvalue weighted by molar-refractivity contribution is 8.17. The van der Waals surface area contributed by atoms with Gasteiger partial charge >= 0.3 is 9.24 Å². The van der Waals surface area contributed by atoms with E-state index in [1.165, 1.54) is 0 Å². The molecule has 1 aromatic carbocycles. The van der Waals surface area contributed by atoms with Crippen LogP contribution in [0.3, 0.4) is 0 Å². The fraction of sp³-hybridized carbons (Fsp3) is 0.125. The monoisotopic (exact) mass is 294 g/mol. The number of oxazole rings is 1. The molecule has 92 valence electrons. The van der Waals surface area contributed by atoms with Crippen molar-refractivity contribution in [2.75, 3.05) is 6.26 Å². The SMILES string of the molecule is C[S@@](=O)(=NS(=O)(=O)Cl)c1nc2ccccc2o1. The van der Waals surface area contributed by atoms with Crippen LogP contribution in [0.5, 0.6) is 0 Å². The minimum absolute atomic E-state index is 0.261. The van der Waals surface area contributed by atoms with Crippen LogP contribution in [-0.4, -0.2) is 23.9 Å². The second-order valence-electron chi connectivity index (χ2n) is 3.24. The van der Waals surface area contributed by atoms with E-state index in [0.717, 1.165) is 6.26 Å². The maximum absolute atomic E-state index is 12.0. The molecule has 0 saturated carbocycles. The van der Waals surface area contributed by atoms with E-state index >= 15 is 0 Å².